The van der Waals surface area contributed by atoms with E-state index in [2.05, 4.69) is 23.7 Å². The highest BCUT2D eigenvalue weighted by Crippen LogP contribution is 2.23. The maximum atomic E-state index is 12.1. The van der Waals surface area contributed by atoms with Crippen LogP contribution in [0.2, 0.25) is 0 Å². The molecule has 0 saturated carbocycles. The van der Waals surface area contributed by atoms with Gasteiger partial charge in [0.15, 0.2) is 0 Å². The molecule has 0 unspecified atom stereocenters. The third-order valence-corrected chi connectivity index (χ3v) is 4.39. The number of hydrogen-bond donors (Lipinski definition) is 1. The Morgan fingerprint density at radius 3 is 2.54 bits per heavy atom. The number of nitrogens with zero attached hydrogens (tertiary/aromatic N) is 3. The van der Waals surface area contributed by atoms with Crippen LogP contribution in [0.4, 0.5) is 4.79 Å². The summed E-state index contributed by atoms with van der Waals surface area (Å²) in [7, 11) is 0. The average molecular weight is 335 g/mol. The number of carboxylic acid groups (broad SMARTS) is 1. The first kappa shape index (κ1) is 18.2. The molecule has 132 valence electrons. The molecule has 1 aromatic heterocycles. The number of hydrogen-bond acceptors (Lipinski definition) is 5. The molecule has 1 fully saturated rings. The van der Waals surface area contributed by atoms with Crippen molar-refractivity contribution < 1.29 is 19.4 Å². The largest absolute Gasteiger partial charge is 0.465 e. The molecule has 0 aromatic carbocycles. The molecule has 1 aliphatic rings. The maximum Gasteiger partial charge on any atom is 0.407 e. The molecule has 2 heterocycles. The monoisotopic (exact) mass is 335 g/mol. The predicted molar refractivity (Wildman–Crippen MR) is 89.1 cm³/mol. The Bertz CT molecular complexity index is 595. The molecule has 7 nitrogen and oxygen atoms in total. The van der Waals surface area contributed by atoms with E-state index in [4.69, 9.17) is 9.84 Å². The van der Waals surface area contributed by atoms with E-state index in [-0.39, 0.29) is 11.5 Å². The second-order valence-electron chi connectivity index (χ2n) is 6.46. The quantitative estimate of drug-likeness (QED) is 0.827. The van der Waals surface area contributed by atoms with Crippen molar-refractivity contribution in [2.45, 2.75) is 32.7 Å². The van der Waals surface area contributed by atoms with Crippen molar-refractivity contribution in [2.75, 3.05) is 32.8 Å². The van der Waals surface area contributed by atoms with Crippen LogP contribution in [0.5, 0.6) is 0 Å². The van der Waals surface area contributed by atoms with E-state index >= 15 is 0 Å². The topological polar surface area (TPSA) is 83.0 Å². The second kappa shape index (κ2) is 7.61. The van der Waals surface area contributed by atoms with Gasteiger partial charge in [0.1, 0.15) is 0 Å². The summed E-state index contributed by atoms with van der Waals surface area (Å²) < 4.78 is 5.10. The Labute approximate surface area is 142 Å². The molecule has 0 spiro atoms. The van der Waals surface area contributed by atoms with Gasteiger partial charge in [-0.3, -0.25) is 9.88 Å². The Morgan fingerprint density at radius 2 is 1.96 bits per heavy atom. The molecular weight excluding hydrogens is 310 g/mol. The van der Waals surface area contributed by atoms with Gasteiger partial charge in [0.25, 0.3) is 0 Å². The Balaban J connectivity index is 2.10. The Morgan fingerprint density at radius 1 is 1.29 bits per heavy atom. The lowest BCUT2D eigenvalue weighted by atomic mass is 9.92. The molecule has 1 aromatic rings. The standard InChI is InChI=1S/C17H25N3O4/c1-4-24-15(21)13-6-5-7-18-14(13)12-17(2,3)20-10-8-19(9-11-20)16(22)23/h5-7H,4,8-12H2,1-3H3,(H,22,23). The van der Waals surface area contributed by atoms with Gasteiger partial charge in [0.05, 0.1) is 17.9 Å². The van der Waals surface area contributed by atoms with Gasteiger partial charge in [0.2, 0.25) is 0 Å². The Hall–Kier alpha value is -2.15. The molecule has 0 aliphatic carbocycles. The summed E-state index contributed by atoms with van der Waals surface area (Å²) in [6, 6.07) is 3.47. The molecule has 1 saturated heterocycles. The molecule has 0 atom stereocenters. The van der Waals surface area contributed by atoms with E-state index in [0.29, 0.717) is 50.5 Å². The smallest absolute Gasteiger partial charge is 0.407 e. The van der Waals surface area contributed by atoms with E-state index in [1.165, 1.54) is 4.90 Å². The lowest BCUT2D eigenvalue weighted by Gasteiger charge is -2.43. The number of amides is 1. The summed E-state index contributed by atoms with van der Waals surface area (Å²) >= 11 is 0. The lowest BCUT2D eigenvalue weighted by Crippen LogP contribution is -2.56. The van der Waals surface area contributed by atoms with Crippen molar-refractivity contribution in [3.8, 4) is 0 Å². The van der Waals surface area contributed by atoms with Gasteiger partial charge in [-0.15, -0.1) is 0 Å². The van der Waals surface area contributed by atoms with Crippen molar-refractivity contribution in [3.05, 3.63) is 29.6 Å². The van der Waals surface area contributed by atoms with E-state index in [1.54, 1.807) is 25.3 Å². The van der Waals surface area contributed by atoms with Crippen LogP contribution in [0.1, 0.15) is 36.8 Å². The molecule has 2 rings (SSSR count). The molecule has 0 bridgehead atoms. The minimum absolute atomic E-state index is 0.236. The fraction of sp³-hybridized carbons (Fsp3) is 0.588. The normalized spacial score (nSPS) is 16.0. The van der Waals surface area contributed by atoms with Crippen LogP contribution in [-0.2, 0) is 11.2 Å². The van der Waals surface area contributed by atoms with Crippen LogP contribution in [0.3, 0.4) is 0 Å². The summed E-state index contributed by atoms with van der Waals surface area (Å²) in [6.07, 6.45) is 1.40. The number of aromatic nitrogens is 1. The third-order valence-electron chi connectivity index (χ3n) is 4.39. The van der Waals surface area contributed by atoms with Crippen LogP contribution in [0.25, 0.3) is 0 Å². The van der Waals surface area contributed by atoms with Crippen molar-refractivity contribution >= 4 is 12.1 Å². The zero-order valence-electron chi connectivity index (χ0n) is 14.5. The molecule has 24 heavy (non-hydrogen) atoms. The van der Waals surface area contributed by atoms with Gasteiger partial charge in [0, 0.05) is 44.3 Å². The molecule has 7 heteroatoms. The molecular formula is C17H25N3O4. The minimum Gasteiger partial charge on any atom is -0.465 e. The zero-order valence-corrected chi connectivity index (χ0v) is 14.5. The predicted octanol–water partition coefficient (Wildman–Crippen LogP) is 1.88. The van der Waals surface area contributed by atoms with Crippen molar-refractivity contribution in [1.82, 2.24) is 14.8 Å². The SMILES string of the molecule is CCOC(=O)c1cccnc1CC(C)(C)N1CCN(C(=O)O)CC1. The molecule has 1 amide bonds. The van der Waals surface area contributed by atoms with Crippen LogP contribution in [0.15, 0.2) is 18.3 Å². The van der Waals surface area contributed by atoms with Crippen molar-refractivity contribution in [1.29, 1.82) is 0 Å². The highest BCUT2D eigenvalue weighted by Gasteiger charge is 2.32. The number of pyridine rings is 1. The first-order chi connectivity index (χ1) is 11.3. The average Bonchev–Trinajstić information content (AvgIpc) is 2.55. The van der Waals surface area contributed by atoms with Gasteiger partial charge >= 0.3 is 12.1 Å². The summed E-state index contributed by atoms with van der Waals surface area (Å²) in [5, 5.41) is 9.06. The van der Waals surface area contributed by atoms with E-state index < -0.39 is 6.09 Å². The Kier molecular flexibility index (Phi) is 5.77. The van der Waals surface area contributed by atoms with Gasteiger partial charge in [-0.25, -0.2) is 9.59 Å². The summed E-state index contributed by atoms with van der Waals surface area (Å²) in [5.74, 6) is -0.355. The van der Waals surface area contributed by atoms with Crippen LogP contribution >= 0.6 is 0 Å². The van der Waals surface area contributed by atoms with E-state index in [0.717, 1.165) is 0 Å². The van der Waals surface area contributed by atoms with Crippen LogP contribution in [-0.4, -0.2) is 70.3 Å². The molecule has 1 N–H and O–H groups in total. The number of rotatable bonds is 5. The van der Waals surface area contributed by atoms with E-state index in [9.17, 15) is 9.59 Å². The lowest BCUT2D eigenvalue weighted by molar-refractivity contribution is 0.0482. The van der Waals surface area contributed by atoms with Gasteiger partial charge < -0.3 is 14.7 Å². The fourth-order valence-electron chi connectivity index (χ4n) is 3.00. The van der Waals surface area contributed by atoms with Crippen molar-refractivity contribution in [3.63, 3.8) is 0 Å². The van der Waals surface area contributed by atoms with Crippen LogP contribution < -0.4 is 0 Å². The molecule has 0 radical (unpaired) electrons. The third kappa shape index (κ3) is 4.23. The van der Waals surface area contributed by atoms with E-state index in [1.807, 2.05) is 0 Å². The summed E-state index contributed by atoms with van der Waals surface area (Å²) in [6.45, 7) is 8.60. The van der Waals surface area contributed by atoms with Gasteiger partial charge in [-0.05, 0) is 32.9 Å². The van der Waals surface area contributed by atoms with Gasteiger partial charge in [-0.2, -0.15) is 0 Å². The summed E-state index contributed by atoms with van der Waals surface area (Å²) in [4.78, 5) is 31.2. The second-order valence-corrected chi connectivity index (χ2v) is 6.46. The number of esters is 1. The summed E-state index contributed by atoms with van der Waals surface area (Å²) in [5.41, 5.74) is 0.971. The highest BCUT2D eigenvalue weighted by atomic mass is 16.5. The number of ether oxygens (including phenoxy) is 1. The van der Waals surface area contributed by atoms with Crippen LogP contribution in [0, 0.1) is 0 Å². The minimum atomic E-state index is -0.873. The fourth-order valence-corrected chi connectivity index (χ4v) is 3.00. The van der Waals surface area contributed by atoms with Gasteiger partial charge in [-0.1, -0.05) is 0 Å². The number of carbonyl (C=O) groups is 2. The first-order valence-corrected chi connectivity index (χ1v) is 8.19. The number of carbonyl (C=O) groups excluding carboxylic acids is 1. The maximum absolute atomic E-state index is 12.1. The first-order valence-electron chi connectivity index (χ1n) is 8.19. The number of piperazine rings is 1. The van der Waals surface area contributed by atoms with Crippen molar-refractivity contribution in [2.24, 2.45) is 0 Å². The molecule has 1 aliphatic heterocycles. The highest BCUT2D eigenvalue weighted by molar-refractivity contribution is 5.90. The zero-order chi connectivity index (χ0) is 17.7.